The molecule has 0 aliphatic carbocycles. The molecule has 1 aliphatic rings. The van der Waals surface area contributed by atoms with E-state index in [1.165, 1.54) is 12.1 Å². The van der Waals surface area contributed by atoms with Crippen molar-refractivity contribution in [2.24, 2.45) is 0 Å². The Labute approximate surface area is 114 Å². The fourth-order valence-electron chi connectivity index (χ4n) is 2.29. The largest absolute Gasteiger partial charge is 0.507 e. The predicted octanol–water partition coefficient (Wildman–Crippen LogP) is 4.94. The molecule has 0 saturated heterocycles. The maximum absolute atomic E-state index is 13.1. The monoisotopic (exact) mass is 292 g/mol. The second-order valence-electron chi connectivity index (χ2n) is 4.84. The van der Waals surface area contributed by atoms with Crippen molar-refractivity contribution in [1.82, 2.24) is 0 Å². The van der Waals surface area contributed by atoms with Crippen molar-refractivity contribution in [3.8, 4) is 11.5 Å². The first-order valence-corrected chi connectivity index (χ1v) is 6.58. The van der Waals surface area contributed by atoms with Gasteiger partial charge in [-0.05, 0) is 36.5 Å². The lowest BCUT2D eigenvalue weighted by molar-refractivity contribution is -0.391. The van der Waals surface area contributed by atoms with E-state index in [9.17, 15) is 17.6 Å². The Bertz CT molecular complexity index is 488. The van der Waals surface area contributed by atoms with E-state index >= 15 is 0 Å². The van der Waals surface area contributed by atoms with Gasteiger partial charge in [-0.15, -0.1) is 0 Å². The van der Waals surface area contributed by atoms with Gasteiger partial charge in [0.1, 0.15) is 0 Å². The minimum absolute atomic E-state index is 0.185. The summed E-state index contributed by atoms with van der Waals surface area (Å²) in [4.78, 5) is 0. The Balaban J connectivity index is 2.34. The van der Waals surface area contributed by atoms with E-state index < -0.39 is 12.2 Å². The fourth-order valence-corrected chi connectivity index (χ4v) is 2.29. The van der Waals surface area contributed by atoms with E-state index in [1.807, 2.05) is 13.8 Å². The quantitative estimate of drug-likeness (QED) is 0.732. The molecule has 1 aliphatic heterocycles. The maximum Gasteiger partial charge on any atom is 0.507 e. The summed E-state index contributed by atoms with van der Waals surface area (Å²) in [6, 6.07) is 4.24. The summed E-state index contributed by atoms with van der Waals surface area (Å²) in [5.74, 6) is -0.519. The third kappa shape index (κ3) is 2.55. The molecule has 6 heteroatoms. The number of halogens is 4. The molecular weight excluding hydrogens is 276 g/mol. The summed E-state index contributed by atoms with van der Waals surface area (Å²) in [7, 11) is 0. The summed E-state index contributed by atoms with van der Waals surface area (Å²) in [6.07, 6.45) is -6.65. The molecule has 0 saturated carbocycles. The van der Waals surface area contributed by atoms with Crippen LogP contribution in [0.25, 0.3) is 0 Å². The van der Waals surface area contributed by atoms with Gasteiger partial charge in [0, 0.05) is 0 Å². The number of hydrogen-bond acceptors (Lipinski definition) is 2. The SMILES string of the molecule is CCCC(CC)c1ccc2c(c1)OC(F)(F)C(F)(F)O2. The Morgan fingerprint density at radius 3 is 2.15 bits per heavy atom. The number of benzene rings is 1. The summed E-state index contributed by atoms with van der Waals surface area (Å²) >= 11 is 0. The Hall–Kier alpha value is -1.46. The van der Waals surface area contributed by atoms with Crippen molar-refractivity contribution in [2.45, 2.75) is 51.2 Å². The second-order valence-corrected chi connectivity index (χ2v) is 4.84. The molecule has 20 heavy (non-hydrogen) atoms. The van der Waals surface area contributed by atoms with Gasteiger partial charge in [-0.2, -0.15) is 17.6 Å². The molecule has 1 atom stereocenters. The minimum atomic E-state index is -4.66. The Kier molecular flexibility index (Phi) is 3.84. The van der Waals surface area contributed by atoms with Crippen molar-refractivity contribution in [2.75, 3.05) is 0 Å². The van der Waals surface area contributed by atoms with Gasteiger partial charge in [-0.25, -0.2) is 0 Å². The lowest BCUT2D eigenvalue weighted by atomic mass is 9.92. The van der Waals surface area contributed by atoms with Crippen molar-refractivity contribution in [3.05, 3.63) is 23.8 Å². The van der Waals surface area contributed by atoms with Crippen molar-refractivity contribution >= 4 is 0 Å². The molecule has 112 valence electrons. The summed E-state index contributed by atoms with van der Waals surface area (Å²) in [5.41, 5.74) is 0.790. The van der Waals surface area contributed by atoms with Crippen LogP contribution in [0.4, 0.5) is 17.6 Å². The van der Waals surface area contributed by atoms with Gasteiger partial charge < -0.3 is 9.47 Å². The number of rotatable bonds is 4. The molecule has 2 nitrogen and oxygen atoms in total. The molecule has 1 aromatic carbocycles. The van der Waals surface area contributed by atoms with Gasteiger partial charge in [-0.3, -0.25) is 0 Å². The average Bonchev–Trinajstić information content (AvgIpc) is 2.36. The Morgan fingerprint density at radius 1 is 1.00 bits per heavy atom. The van der Waals surface area contributed by atoms with Crippen LogP contribution in [0.5, 0.6) is 11.5 Å². The van der Waals surface area contributed by atoms with Crippen LogP contribution >= 0.6 is 0 Å². The van der Waals surface area contributed by atoms with Crippen molar-refractivity contribution in [1.29, 1.82) is 0 Å². The fraction of sp³-hybridized carbons (Fsp3) is 0.571. The van der Waals surface area contributed by atoms with Crippen molar-refractivity contribution < 1.29 is 27.0 Å². The molecule has 0 amide bonds. The lowest BCUT2D eigenvalue weighted by Crippen LogP contribution is -2.52. The number of fused-ring (bicyclic) bond motifs is 1. The highest BCUT2D eigenvalue weighted by Crippen LogP contribution is 2.47. The molecule has 0 aromatic heterocycles. The molecule has 0 N–H and O–H groups in total. The van der Waals surface area contributed by atoms with Crippen LogP contribution in [-0.2, 0) is 0 Å². The van der Waals surface area contributed by atoms with Gasteiger partial charge >= 0.3 is 12.2 Å². The van der Waals surface area contributed by atoms with Crippen LogP contribution in [0.1, 0.15) is 44.6 Å². The Morgan fingerprint density at radius 2 is 1.60 bits per heavy atom. The molecular formula is C14H16F4O2. The average molecular weight is 292 g/mol. The zero-order valence-electron chi connectivity index (χ0n) is 11.3. The minimum Gasteiger partial charge on any atom is -0.421 e. The third-order valence-corrected chi connectivity index (χ3v) is 3.38. The van der Waals surface area contributed by atoms with E-state index in [4.69, 9.17) is 0 Å². The maximum atomic E-state index is 13.1. The number of hydrogen-bond donors (Lipinski definition) is 0. The van der Waals surface area contributed by atoms with Crippen LogP contribution < -0.4 is 9.47 Å². The molecule has 1 unspecified atom stereocenters. The smallest absolute Gasteiger partial charge is 0.421 e. The highest BCUT2D eigenvalue weighted by atomic mass is 19.3. The first-order valence-electron chi connectivity index (χ1n) is 6.58. The second kappa shape index (κ2) is 5.14. The van der Waals surface area contributed by atoms with Crippen LogP contribution in [0, 0.1) is 0 Å². The lowest BCUT2D eigenvalue weighted by Gasteiger charge is -2.32. The van der Waals surface area contributed by atoms with Crippen molar-refractivity contribution in [3.63, 3.8) is 0 Å². The van der Waals surface area contributed by atoms with Gasteiger partial charge in [0.15, 0.2) is 11.5 Å². The highest BCUT2D eigenvalue weighted by Gasteiger charge is 2.65. The predicted molar refractivity (Wildman–Crippen MR) is 65.5 cm³/mol. The van der Waals surface area contributed by atoms with Crippen LogP contribution in [-0.4, -0.2) is 12.2 Å². The van der Waals surface area contributed by atoms with Gasteiger partial charge in [-0.1, -0.05) is 26.3 Å². The van der Waals surface area contributed by atoms with Gasteiger partial charge in [0.25, 0.3) is 0 Å². The molecule has 0 spiro atoms. The molecule has 1 heterocycles. The number of ether oxygens (including phenoxy) is 2. The zero-order valence-corrected chi connectivity index (χ0v) is 11.3. The first kappa shape index (κ1) is 14.9. The molecule has 1 aromatic rings. The standard InChI is InChI=1S/C14H16F4O2/c1-3-5-9(4-2)10-6-7-11-12(8-10)20-14(17,18)13(15,16)19-11/h6-9H,3-5H2,1-2H3. The number of alkyl halides is 4. The molecule has 2 rings (SSSR count). The van der Waals surface area contributed by atoms with E-state index in [0.717, 1.165) is 24.8 Å². The first-order chi connectivity index (χ1) is 9.30. The van der Waals surface area contributed by atoms with Crippen LogP contribution in [0.2, 0.25) is 0 Å². The summed E-state index contributed by atoms with van der Waals surface area (Å²) in [5, 5.41) is 0. The van der Waals surface area contributed by atoms with E-state index in [0.29, 0.717) is 0 Å². The summed E-state index contributed by atoms with van der Waals surface area (Å²) < 4.78 is 60.5. The molecule has 0 fully saturated rings. The van der Waals surface area contributed by atoms with E-state index in [-0.39, 0.29) is 17.4 Å². The van der Waals surface area contributed by atoms with Crippen LogP contribution in [0.15, 0.2) is 18.2 Å². The highest BCUT2D eigenvalue weighted by molar-refractivity contribution is 5.45. The third-order valence-electron chi connectivity index (χ3n) is 3.38. The summed E-state index contributed by atoms with van der Waals surface area (Å²) in [6.45, 7) is 4.01. The van der Waals surface area contributed by atoms with E-state index in [1.54, 1.807) is 6.07 Å². The van der Waals surface area contributed by atoms with E-state index in [2.05, 4.69) is 9.47 Å². The van der Waals surface area contributed by atoms with Gasteiger partial charge in [0.2, 0.25) is 0 Å². The topological polar surface area (TPSA) is 18.5 Å². The zero-order chi connectivity index (χ0) is 15.0. The normalized spacial score (nSPS) is 20.5. The van der Waals surface area contributed by atoms with Crippen LogP contribution in [0.3, 0.4) is 0 Å². The van der Waals surface area contributed by atoms with Gasteiger partial charge in [0.05, 0.1) is 0 Å². The molecule has 0 radical (unpaired) electrons. The molecule has 0 bridgehead atoms.